The van der Waals surface area contributed by atoms with Gasteiger partial charge in [0.1, 0.15) is 4.90 Å². The van der Waals surface area contributed by atoms with Gasteiger partial charge in [-0.05, 0) is 39.3 Å². The molecule has 1 unspecified atom stereocenters. The topological polar surface area (TPSA) is 74.8 Å². The molecule has 5 nitrogen and oxygen atoms in total. The fraction of sp³-hybridized carbons (Fsp3) is 0.417. The second-order valence-corrected chi connectivity index (χ2v) is 7.65. The van der Waals surface area contributed by atoms with Crippen LogP contribution in [-0.2, 0) is 16.4 Å². The lowest BCUT2D eigenvalue weighted by Crippen LogP contribution is -2.34. The van der Waals surface area contributed by atoms with Crippen molar-refractivity contribution in [2.45, 2.75) is 38.1 Å². The fourth-order valence-corrected chi connectivity index (χ4v) is 4.28. The number of nitrogens with zero attached hydrogens (tertiary/aromatic N) is 1. The van der Waals surface area contributed by atoms with Gasteiger partial charge in [-0.3, -0.25) is 5.10 Å². The maximum atomic E-state index is 12.2. The highest BCUT2D eigenvalue weighted by atomic mass is 32.2. The minimum atomic E-state index is -3.50. The first-order chi connectivity index (χ1) is 8.88. The average Bonchev–Trinajstić information content (AvgIpc) is 2.87. The smallest absolute Gasteiger partial charge is 0.244 e. The van der Waals surface area contributed by atoms with Crippen LogP contribution in [0, 0.1) is 13.8 Å². The van der Waals surface area contributed by atoms with Crippen LogP contribution in [0.15, 0.2) is 23.2 Å². The lowest BCUT2D eigenvalue weighted by atomic mass is 10.2. The predicted molar refractivity (Wildman–Crippen MR) is 75.9 cm³/mol. The molecule has 2 N–H and O–H groups in total. The van der Waals surface area contributed by atoms with Crippen LogP contribution in [0.2, 0.25) is 0 Å². The van der Waals surface area contributed by atoms with Crippen LogP contribution >= 0.6 is 11.3 Å². The van der Waals surface area contributed by atoms with E-state index in [9.17, 15) is 8.42 Å². The van der Waals surface area contributed by atoms with Crippen molar-refractivity contribution in [1.29, 1.82) is 0 Å². The number of nitrogens with one attached hydrogen (secondary N) is 2. The molecule has 0 saturated heterocycles. The molecular formula is C12H17N3O2S2. The SMILES string of the molecule is Cc1ccc(CC(C)NS(=O)(=O)c2cn[nH]c2C)s1. The van der Waals surface area contributed by atoms with Gasteiger partial charge >= 0.3 is 0 Å². The van der Waals surface area contributed by atoms with Crippen molar-refractivity contribution in [2.24, 2.45) is 0 Å². The van der Waals surface area contributed by atoms with Crippen LogP contribution in [0.3, 0.4) is 0 Å². The molecule has 2 heterocycles. The largest absolute Gasteiger partial charge is 0.281 e. The summed E-state index contributed by atoms with van der Waals surface area (Å²) < 4.78 is 27.0. The predicted octanol–water partition coefficient (Wildman–Crippen LogP) is 2.00. The number of hydrogen-bond acceptors (Lipinski definition) is 4. The molecule has 2 aromatic heterocycles. The average molecular weight is 299 g/mol. The van der Waals surface area contributed by atoms with Crippen LogP contribution in [0.25, 0.3) is 0 Å². The third kappa shape index (κ3) is 3.43. The molecule has 0 aliphatic rings. The molecule has 0 aromatic carbocycles. The van der Waals surface area contributed by atoms with Crippen LogP contribution in [0.4, 0.5) is 0 Å². The summed E-state index contributed by atoms with van der Waals surface area (Å²) in [5.74, 6) is 0. The lowest BCUT2D eigenvalue weighted by Gasteiger charge is -2.12. The zero-order chi connectivity index (χ0) is 14.0. The molecule has 0 spiro atoms. The fourth-order valence-electron chi connectivity index (χ4n) is 1.88. The van der Waals surface area contributed by atoms with Crippen molar-refractivity contribution in [2.75, 3.05) is 0 Å². The number of aromatic nitrogens is 2. The summed E-state index contributed by atoms with van der Waals surface area (Å²) in [6, 6.07) is 3.92. The van der Waals surface area contributed by atoms with Gasteiger partial charge in [0, 0.05) is 15.8 Å². The summed E-state index contributed by atoms with van der Waals surface area (Å²) in [7, 11) is -3.50. The Morgan fingerprint density at radius 2 is 2.16 bits per heavy atom. The van der Waals surface area contributed by atoms with Crippen molar-refractivity contribution in [3.05, 3.63) is 33.8 Å². The van der Waals surface area contributed by atoms with Gasteiger partial charge in [-0.15, -0.1) is 11.3 Å². The van der Waals surface area contributed by atoms with E-state index in [-0.39, 0.29) is 10.9 Å². The van der Waals surface area contributed by atoms with E-state index >= 15 is 0 Å². The third-order valence-corrected chi connectivity index (χ3v) is 5.46. The Balaban J connectivity index is 2.06. The van der Waals surface area contributed by atoms with Crippen molar-refractivity contribution in [3.63, 3.8) is 0 Å². The normalized spacial score (nSPS) is 13.6. The van der Waals surface area contributed by atoms with Crippen LogP contribution < -0.4 is 4.72 Å². The highest BCUT2D eigenvalue weighted by Crippen LogP contribution is 2.18. The van der Waals surface area contributed by atoms with E-state index < -0.39 is 10.0 Å². The summed E-state index contributed by atoms with van der Waals surface area (Å²) >= 11 is 1.69. The number of H-pyrrole nitrogens is 1. The van der Waals surface area contributed by atoms with Gasteiger partial charge < -0.3 is 0 Å². The number of sulfonamides is 1. The van der Waals surface area contributed by atoms with E-state index in [0.717, 1.165) is 0 Å². The first-order valence-electron chi connectivity index (χ1n) is 5.96. The number of aryl methyl sites for hydroxylation is 2. The van der Waals surface area contributed by atoms with E-state index in [1.165, 1.54) is 16.0 Å². The van der Waals surface area contributed by atoms with Crippen LogP contribution in [-0.4, -0.2) is 24.7 Å². The Morgan fingerprint density at radius 1 is 1.42 bits per heavy atom. The van der Waals surface area contributed by atoms with Crippen molar-refractivity contribution < 1.29 is 8.42 Å². The Bertz CT molecular complexity index is 658. The number of rotatable bonds is 5. The number of aromatic amines is 1. The van der Waals surface area contributed by atoms with Gasteiger partial charge in [0.15, 0.2) is 0 Å². The second-order valence-electron chi connectivity index (χ2n) is 4.60. The molecule has 0 bridgehead atoms. The molecule has 2 aromatic rings. The van der Waals surface area contributed by atoms with Gasteiger partial charge in [0.2, 0.25) is 10.0 Å². The summed E-state index contributed by atoms with van der Waals surface area (Å²) in [5, 5.41) is 6.37. The molecule has 0 radical (unpaired) electrons. The van der Waals surface area contributed by atoms with Gasteiger partial charge in [-0.25, -0.2) is 13.1 Å². The molecule has 19 heavy (non-hydrogen) atoms. The summed E-state index contributed by atoms with van der Waals surface area (Å²) in [6.07, 6.45) is 2.02. The van der Waals surface area contributed by atoms with E-state index in [0.29, 0.717) is 12.1 Å². The van der Waals surface area contributed by atoms with Crippen molar-refractivity contribution in [3.8, 4) is 0 Å². The molecule has 2 rings (SSSR count). The van der Waals surface area contributed by atoms with E-state index in [1.807, 2.05) is 26.0 Å². The number of hydrogen-bond donors (Lipinski definition) is 2. The number of thiophene rings is 1. The Morgan fingerprint density at radius 3 is 2.68 bits per heavy atom. The summed E-state index contributed by atoms with van der Waals surface area (Å²) in [5.41, 5.74) is 0.548. The maximum Gasteiger partial charge on any atom is 0.244 e. The van der Waals surface area contributed by atoms with Crippen LogP contribution in [0.5, 0.6) is 0 Å². The molecule has 0 amide bonds. The molecule has 1 atom stereocenters. The van der Waals surface area contributed by atoms with Crippen molar-refractivity contribution >= 4 is 21.4 Å². The molecule has 0 aliphatic carbocycles. The molecule has 0 saturated carbocycles. The van der Waals surface area contributed by atoms with Gasteiger partial charge in [0.05, 0.1) is 11.9 Å². The quantitative estimate of drug-likeness (QED) is 0.886. The first-order valence-corrected chi connectivity index (χ1v) is 8.26. The van der Waals surface area contributed by atoms with Crippen molar-refractivity contribution in [1.82, 2.24) is 14.9 Å². The monoisotopic (exact) mass is 299 g/mol. The molecule has 104 valence electrons. The molecule has 7 heteroatoms. The Kier molecular flexibility index (Phi) is 4.07. The minimum absolute atomic E-state index is 0.155. The third-order valence-electron chi connectivity index (χ3n) is 2.73. The Hall–Kier alpha value is -1.18. The second kappa shape index (κ2) is 5.44. The molecule has 0 aliphatic heterocycles. The standard InChI is InChI=1S/C12H17N3O2S2/c1-8(6-11-5-4-9(2)18-11)15-19(16,17)12-7-13-14-10(12)3/h4-5,7-8,15H,6H2,1-3H3,(H,13,14). The van der Waals surface area contributed by atoms with Gasteiger partial charge in [0.25, 0.3) is 0 Å². The zero-order valence-electron chi connectivity index (χ0n) is 11.1. The lowest BCUT2D eigenvalue weighted by molar-refractivity contribution is 0.560. The van der Waals surface area contributed by atoms with Gasteiger partial charge in [-0.2, -0.15) is 5.10 Å². The summed E-state index contributed by atoms with van der Waals surface area (Å²) in [4.78, 5) is 2.62. The zero-order valence-corrected chi connectivity index (χ0v) is 12.7. The van der Waals surface area contributed by atoms with Gasteiger partial charge in [-0.1, -0.05) is 0 Å². The Labute approximate surface area is 117 Å². The summed E-state index contributed by atoms with van der Waals surface area (Å²) in [6.45, 7) is 5.59. The highest BCUT2D eigenvalue weighted by Gasteiger charge is 2.21. The highest BCUT2D eigenvalue weighted by molar-refractivity contribution is 7.89. The molecule has 0 fully saturated rings. The molecular weight excluding hydrogens is 282 g/mol. The minimum Gasteiger partial charge on any atom is -0.281 e. The maximum absolute atomic E-state index is 12.2. The first kappa shape index (κ1) is 14.2. The van der Waals surface area contributed by atoms with E-state index in [1.54, 1.807) is 18.3 Å². The van der Waals surface area contributed by atoms with E-state index in [2.05, 4.69) is 14.9 Å². The van der Waals surface area contributed by atoms with Crippen LogP contribution in [0.1, 0.15) is 22.4 Å². The van der Waals surface area contributed by atoms with E-state index in [4.69, 9.17) is 0 Å².